The van der Waals surface area contributed by atoms with Crippen molar-refractivity contribution < 1.29 is 8.78 Å². The van der Waals surface area contributed by atoms with Gasteiger partial charge in [0.1, 0.15) is 17.3 Å². The van der Waals surface area contributed by atoms with Crippen LogP contribution in [0.1, 0.15) is 5.56 Å². The summed E-state index contributed by atoms with van der Waals surface area (Å²) in [6, 6.07) is 7.36. The van der Waals surface area contributed by atoms with Crippen molar-refractivity contribution in [3.63, 3.8) is 0 Å². The van der Waals surface area contributed by atoms with Gasteiger partial charge in [0.2, 0.25) is 0 Å². The number of aromatic nitrogens is 1. The Bertz CT molecular complexity index is 514. The van der Waals surface area contributed by atoms with Crippen molar-refractivity contribution in [1.29, 1.82) is 0 Å². The van der Waals surface area contributed by atoms with Crippen LogP contribution in [0.25, 0.3) is 11.3 Å². The highest BCUT2D eigenvalue weighted by atomic mass is 79.9. The molecule has 0 bridgehead atoms. The van der Waals surface area contributed by atoms with Gasteiger partial charge < -0.3 is 0 Å². The van der Waals surface area contributed by atoms with Gasteiger partial charge in [0, 0.05) is 17.1 Å². The summed E-state index contributed by atoms with van der Waals surface area (Å²) in [5.74, 6) is -0.984. The summed E-state index contributed by atoms with van der Waals surface area (Å²) < 4.78 is 27.1. The van der Waals surface area contributed by atoms with E-state index in [1.165, 1.54) is 24.4 Å². The van der Waals surface area contributed by atoms with E-state index >= 15 is 0 Å². The summed E-state index contributed by atoms with van der Waals surface area (Å²) in [6.45, 7) is 0. The van der Waals surface area contributed by atoms with Crippen molar-refractivity contribution in [2.24, 2.45) is 0 Å². The molecule has 2 rings (SSSR count). The maximum absolute atomic E-state index is 13.7. The van der Waals surface area contributed by atoms with Gasteiger partial charge in [-0.2, -0.15) is 0 Å². The standard InChI is InChI=1S/C12H8BrF2N/c13-6-8-5-11(15)12(16-7-8)9-3-1-2-4-10(9)14/h1-5,7H,6H2. The molecule has 0 N–H and O–H groups in total. The predicted octanol–water partition coefficient (Wildman–Crippen LogP) is 3.92. The van der Waals surface area contributed by atoms with Crippen LogP contribution < -0.4 is 0 Å². The second-order valence-electron chi connectivity index (χ2n) is 3.29. The first-order valence-electron chi connectivity index (χ1n) is 4.67. The molecule has 0 fully saturated rings. The molecule has 0 unspecified atom stereocenters. The van der Waals surface area contributed by atoms with Gasteiger partial charge in [-0.05, 0) is 23.8 Å². The lowest BCUT2D eigenvalue weighted by atomic mass is 10.1. The normalized spacial score (nSPS) is 10.4. The van der Waals surface area contributed by atoms with E-state index in [9.17, 15) is 8.78 Å². The molecule has 82 valence electrons. The molecule has 0 aliphatic carbocycles. The minimum Gasteiger partial charge on any atom is -0.253 e. The molecule has 0 atom stereocenters. The zero-order valence-corrected chi connectivity index (χ0v) is 9.84. The van der Waals surface area contributed by atoms with Gasteiger partial charge in [0.25, 0.3) is 0 Å². The molecule has 1 aromatic carbocycles. The molecule has 1 aromatic heterocycles. The summed E-state index contributed by atoms with van der Waals surface area (Å²) >= 11 is 3.21. The molecular formula is C12H8BrF2N. The Morgan fingerprint density at radius 3 is 2.50 bits per heavy atom. The number of benzene rings is 1. The summed E-state index contributed by atoms with van der Waals surface area (Å²) in [6.07, 6.45) is 1.53. The lowest BCUT2D eigenvalue weighted by Crippen LogP contribution is -1.94. The quantitative estimate of drug-likeness (QED) is 0.762. The van der Waals surface area contributed by atoms with Crippen molar-refractivity contribution >= 4 is 15.9 Å². The number of alkyl halides is 1. The van der Waals surface area contributed by atoms with Crippen LogP contribution in [0.15, 0.2) is 36.5 Å². The number of hydrogen-bond donors (Lipinski definition) is 0. The molecule has 0 aliphatic heterocycles. The summed E-state index contributed by atoms with van der Waals surface area (Å²) in [5, 5.41) is 0.522. The minimum atomic E-state index is -0.512. The monoisotopic (exact) mass is 283 g/mol. The van der Waals surface area contributed by atoms with Crippen molar-refractivity contribution in [3.8, 4) is 11.3 Å². The Morgan fingerprint density at radius 1 is 1.12 bits per heavy atom. The molecule has 0 aliphatic rings. The van der Waals surface area contributed by atoms with E-state index in [-0.39, 0.29) is 11.3 Å². The highest BCUT2D eigenvalue weighted by Gasteiger charge is 2.11. The van der Waals surface area contributed by atoms with Crippen molar-refractivity contribution in [2.75, 3.05) is 0 Å². The van der Waals surface area contributed by atoms with Crippen LogP contribution in [0.2, 0.25) is 0 Å². The Hall–Kier alpha value is -1.29. The number of rotatable bonds is 2. The first kappa shape index (κ1) is 11.2. The topological polar surface area (TPSA) is 12.9 Å². The zero-order chi connectivity index (χ0) is 11.5. The van der Waals surface area contributed by atoms with Gasteiger partial charge in [-0.1, -0.05) is 28.1 Å². The van der Waals surface area contributed by atoms with Crippen LogP contribution >= 0.6 is 15.9 Å². The molecule has 4 heteroatoms. The zero-order valence-electron chi connectivity index (χ0n) is 8.25. The Balaban J connectivity index is 2.53. The molecule has 2 aromatic rings. The average molecular weight is 284 g/mol. The van der Waals surface area contributed by atoms with E-state index in [0.717, 1.165) is 5.56 Å². The molecule has 0 radical (unpaired) electrons. The van der Waals surface area contributed by atoms with Crippen LogP contribution in [0, 0.1) is 11.6 Å². The Kier molecular flexibility index (Phi) is 3.29. The number of pyridine rings is 1. The van der Waals surface area contributed by atoms with Crippen molar-refractivity contribution in [1.82, 2.24) is 4.98 Å². The van der Waals surface area contributed by atoms with Crippen LogP contribution in [0.5, 0.6) is 0 Å². The van der Waals surface area contributed by atoms with E-state index in [4.69, 9.17) is 0 Å². The van der Waals surface area contributed by atoms with Gasteiger partial charge in [0.05, 0.1) is 0 Å². The summed E-state index contributed by atoms with van der Waals surface area (Å²) in [5.41, 5.74) is 0.946. The third-order valence-electron chi connectivity index (χ3n) is 2.18. The summed E-state index contributed by atoms with van der Waals surface area (Å²) in [7, 11) is 0. The van der Waals surface area contributed by atoms with E-state index in [1.807, 2.05) is 0 Å². The maximum atomic E-state index is 13.7. The van der Waals surface area contributed by atoms with Crippen LogP contribution in [0.4, 0.5) is 8.78 Å². The SMILES string of the molecule is Fc1ccccc1-c1ncc(CBr)cc1F. The predicted molar refractivity (Wildman–Crippen MR) is 62.2 cm³/mol. The fourth-order valence-electron chi connectivity index (χ4n) is 1.40. The highest BCUT2D eigenvalue weighted by Crippen LogP contribution is 2.24. The van der Waals surface area contributed by atoms with Gasteiger partial charge in [0.15, 0.2) is 0 Å². The van der Waals surface area contributed by atoms with Gasteiger partial charge >= 0.3 is 0 Å². The largest absolute Gasteiger partial charge is 0.253 e. The fraction of sp³-hybridized carbons (Fsp3) is 0.0833. The van der Waals surface area contributed by atoms with Gasteiger partial charge in [-0.25, -0.2) is 8.78 Å². The third kappa shape index (κ3) is 2.11. The van der Waals surface area contributed by atoms with E-state index in [0.29, 0.717) is 5.33 Å². The Morgan fingerprint density at radius 2 is 1.88 bits per heavy atom. The smallest absolute Gasteiger partial charge is 0.149 e. The molecule has 0 saturated heterocycles. The van der Waals surface area contributed by atoms with E-state index in [1.54, 1.807) is 12.1 Å². The molecule has 1 nitrogen and oxygen atoms in total. The highest BCUT2D eigenvalue weighted by molar-refractivity contribution is 9.08. The van der Waals surface area contributed by atoms with E-state index in [2.05, 4.69) is 20.9 Å². The van der Waals surface area contributed by atoms with Crippen LogP contribution in [0.3, 0.4) is 0 Å². The van der Waals surface area contributed by atoms with Crippen LogP contribution in [-0.4, -0.2) is 4.98 Å². The maximum Gasteiger partial charge on any atom is 0.149 e. The Labute approximate surface area is 100 Å². The average Bonchev–Trinajstić information content (AvgIpc) is 2.30. The van der Waals surface area contributed by atoms with Gasteiger partial charge in [-0.3, -0.25) is 4.98 Å². The second-order valence-corrected chi connectivity index (χ2v) is 3.85. The minimum absolute atomic E-state index is 0.0443. The van der Waals surface area contributed by atoms with Crippen molar-refractivity contribution in [2.45, 2.75) is 5.33 Å². The third-order valence-corrected chi connectivity index (χ3v) is 2.83. The summed E-state index contributed by atoms with van der Waals surface area (Å²) in [4.78, 5) is 3.94. The second kappa shape index (κ2) is 4.70. The lowest BCUT2D eigenvalue weighted by molar-refractivity contribution is 0.610. The van der Waals surface area contributed by atoms with Gasteiger partial charge in [-0.15, -0.1) is 0 Å². The number of hydrogen-bond acceptors (Lipinski definition) is 1. The molecule has 16 heavy (non-hydrogen) atoms. The molecular weight excluding hydrogens is 276 g/mol. The van der Waals surface area contributed by atoms with Crippen LogP contribution in [-0.2, 0) is 5.33 Å². The molecule has 0 amide bonds. The number of halogens is 3. The first-order valence-corrected chi connectivity index (χ1v) is 5.80. The van der Waals surface area contributed by atoms with Crippen molar-refractivity contribution in [3.05, 3.63) is 53.7 Å². The molecule has 0 saturated carbocycles. The lowest BCUT2D eigenvalue weighted by Gasteiger charge is -2.04. The molecule has 0 spiro atoms. The fourth-order valence-corrected chi connectivity index (χ4v) is 1.71. The first-order chi connectivity index (χ1) is 7.72. The van der Waals surface area contributed by atoms with E-state index < -0.39 is 11.6 Å². The number of nitrogens with zero attached hydrogens (tertiary/aromatic N) is 1. The molecule has 1 heterocycles.